The smallest absolute Gasteiger partial charge is 0.255 e. The molecule has 1 aliphatic rings. The highest BCUT2D eigenvalue weighted by atomic mass is 32.2. The van der Waals surface area contributed by atoms with E-state index in [-0.39, 0.29) is 28.7 Å². The molecule has 0 saturated carbocycles. The largest absolute Gasteiger partial charge is 0.380 e. The maximum atomic E-state index is 13.4. The Labute approximate surface area is 243 Å². The number of hydrogen-bond acceptors (Lipinski definition) is 6. The molecule has 1 saturated heterocycles. The van der Waals surface area contributed by atoms with Crippen molar-refractivity contribution in [3.05, 3.63) is 71.8 Å². The van der Waals surface area contributed by atoms with Gasteiger partial charge in [-0.25, -0.2) is 13.1 Å². The normalized spacial score (nSPS) is 17.0. The molecule has 0 aliphatic carbocycles. The van der Waals surface area contributed by atoms with Gasteiger partial charge >= 0.3 is 0 Å². The van der Waals surface area contributed by atoms with Crippen LogP contribution in [0, 0.1) is 12.8 Å². The van der Waals surface area contributed by atoms with Crippen molar-refractivity contribution in [1.82, 2.24) is 14.9 Å². The fourth-order valence-electron chi connectivity index (χ4n) is 4.82. The zero-order valence-electron chi connectivity index (χ0n) is 24.6. The average Bonchev–Trinajstić information content (AvgIpc) is 2.95. The molecule has 3 N–H and O–H groups in total. The van der Waals surface area contributed by atoms with Crippen LogP contribution in [-0.2, 0) is 19.6 Å². The molecule has 2 atom stereocenters. The first-order valence-electron chi connectivity index (χ1n) is 14.0. The Bertz CT molecular complexity index is 1440. The quantitative estimate of drug-likeness (QED) is 0.326. The number of likely N-dealkylation sites (N-methyl/N-ethyl adjacent to an activating group) is 1. The monoisotopic (exact) mass is 582 g/mol. The van der Waals surface area contributed by atoms with Gasteiger partial charge in [0.05, 0.1) is 11.5 Å². The van der Waals surface area contributed by atoms with Crippen LogP contribution in [0.25, 0.3) is 10.8 Å². The van der Waals surface area contributed by atoms with Gasteiger partial charge < -0.3 is 20.3 Å². The second-order valence-corrected chi connectivity index (χ2v) is 11.9. The van der Waals surface area contributed by atoms with Crippen LogP contribution in [0.3, 0.4) is 0 Å². The second-order valence-electron chi connectivity index (χ2n) is 10.2. The first-order chi connectivity index (χ1) is 19.6. The summed E-state index contributed by atoms with van der Waals surface area (Å²) in [6.45, 7) is 11.0. The summed E-state index contributed by atoms with van der Waals surface area (Å²) in [7, 11) is -1.91. The van der Waals surface area contributed by atoms with Gasteiger partial charge in [0.2, 0.25) is 15.9 Å². The van der Waals surface area contributed by atoms with Crippen molar-refractivity contribution in [1.29, 1.82) is 0 Å². The number of piperidine rings is 1. The standard InChI is InChI=1S/C26H29N3O4S.C5H13NO/c1-17-8-4-5-9-20(17)26(31)27-24-12-13-25(22-11-7-6-10-21(22)24)34(32,33)28-23-14-15-29(19(3)30)16-18(23)2;1-3-7-5-4-6-2/h4-13,18,23,28H,14-16H2,1-3H3,(H,27,31);6H,3-5H2,1-2H3/t18-,23+;/m0./s1. The van der Waals surface area contributed by atoms with Gasteiger partial charge in [0.15, 0.2) is 0 Å². The van der Waals surface area contributed by atoms with Crippen molar-refractivity contribution in [3.8, 4) is 0 Å². The van der Waals surface area contributed by atoms with Crippen molar-refractivity contribution < 1.29 is 22.7 Å². The van der Waals surface area contributed by atoms with E-state index in [9.17, 15) is 18.0 Å². The molecule has 2 amide bonds. The van der Waals surface area contributed by atoms with E-state index in [1.165, 1.54) is 13.0 Å². The molecule has 1 fully saturated rings. The lowest BCUT2D eigenvalue weighted by molar-refractivity contribution is -0.130. The highest BCUT2D eigenvalue weighted by Crippen LogP contribution is 2.31. The molecule has 222 valence electrons. The zero-order chi connectivity index (χ0) is 30.0. The summed E-state index contributed by atoms with van der Waals surface area (Å²) in [4.78, 5) is 26.5. The minimum Gasteiger partial charge on any atom is -0.380 e. The Morgan fingerprint density at radius 2 is 1.71 bits per heavy atom. The maximum absolute atomic E-state index is 13.4. The number of anilines is 1. The third-order valence-corrected chi connectivity index (χ3v) is 8.72. The number of nitrogens with zero attached hydrogens (tertiary/aromatic N) is 1. The van der Waals surface area contributed by atoms with Crippen molar-refractivity contribution in [3.63, 3.8) is 0 Å². The molecule has 0 aromatic heterocycles. The molecule has 0 radical (unpaired) electrons. The Hall–Kier alpha value is -3.31. The van der Waals surface area contributed by atoms with Gasteiger partial charge in [-0.3, -0.25) is 9.59 Å². The van der Waals surface area contributed by atoms with E-state index in [1.807, 2.05) is 52.1 Å². The number of sulfonamides is 1. The van der Waals surface area contributed by atoms with Gasteiger partial charge in [-0.2, -0.15) is 0 Å². The van der Waals surface area contributed by atoms with Crippen molar-refractivity contribution >= 4 is 38.3 Å². The minimum atomic E-state index is -3.83. The predicted molar refractivity (Wildman–Crippen MR) is 164 cm³/mol. The summed E-state index contributed by atoms with van der Waals surface area (Å²) in [5.41, 5.74) is 1.97. The number of benzene rings is 3. The lowest BCUT2D eigenvalue weighted by Crippen LogP contribution is -2.51. The van der Waals surface area contributed by atoms with Gasteiger partial charge in [0.1, 0.15) is 0 Å². The summed E-state index contributed by atoms with van der Waals surface area (Å²) in [6, 6.07) is 17.4. The number of likely N-dealkylation sites (tertiary alicyclic amines) is 1. The van der Waals surface area contributed by atoms with E-state index >= 15 is 0 Å². The number of carbonyl (C=O) groups is 2. The summed E-state index contributed by atoms with van der Waals surface area (Å²) in [5.74, 6) is -0.253. The SMILES string of the molecule is CC(=O)N1CC[C@@H](NS(=O)(=O)c2ccc(NC(=O)c3ccccc3C)c3ccccc23)[C@@H](C)C1.CCOCCNC. The van der Waals surface area contributed by atoms with Crippen LogP contribution in [0.1, 0.15) is 43.1 Å². The van der Waals surface area contributed by atoms with Crippen LogP contribution >= 0.6 is 0 Å². The average molecular weight is 583 g/mol. The van der Waals surface area contributed by atoms with E-state index in [0.29, 0.717) is 41.5 Å². The fourth-order valence-corrected chi connectivity index (χ4v) is 6.41. The molecular weight excluding hydrogens is 540 g/mol. The van der Waals surface area contributed by atoms with Crippen LogP contribution in [-0.4, -0.2) is 71.1 Å². The molecule has 3 aromatic carbocycles. The first kappa shape index (κ1) is 32.2. The third kappa shape index (κ3) is 8.59. The number of fused-ring (bicyclic) bond motifs is 1. The Kier molecular flexibility index (Phi) is 11.8. The molecule has 9 nitrogen and oxygen atoms in total. The molecule has 10 heteroatoms. The molecule has 41 heavy (non-hydrogen) atoms. The maximum Gasteiger partial charge on any atom is 0.255 e. The molecule has 3 aromatic rings. The van der Waals surface area contributed by atoms with Crippen molar-refractivity contribution in [2.75, 3.05) is 45.2 Å². The third-order valence-electron chi connectivity index (χ3n) is 7.17. The van der Waals surface area contributed by atoms with Crippen LogP contribution < -0.4 is 15.4 Å². The molecule has 1 aliphatic heterocycles. The topological polar surface area (TPSA) is 117 Å². The minimum absolute atomic E-state index is 0.00230. The number of hydrogen-bond donors (Lipinski definition) is 3. The lowest BCUT2D eigenvalue weighted by Gasteiger charge is -2.36. The van der Waals surface area contributed by atoms with Gasteiger partial charge in [-0.1, -0.05) is 49.4 Å². The molecule has 0 spiro atoms. The molecule has 1 heterocycles. The van der Waals surface area contributed by atoms with Gasteiger partial charge in [0, 0.05) is 61.2 Å². The van der Waals surface area contributed by atoms with Crippen molar-refractivity contribution in [2.24, 2.45) is 5.92 Å². The second kappa shape index (κ2) is 15.1. The Balaban J connectivity index is 0.000000587. The fraction of sp³-hybridized carbons (Fsp3) is 0.419. The Morgan fingerprint density at radius 1 is 1.02 bits per heavy atom. The first-order valence-corrected chi connectivity index (χ1v) is 15.5. The molecular formula is C31H42N4O5S. The van der Waals surface area contributed by atoms with E-state index in [1.54, 1.807) is 35.2 Å². The van der Waals surface area contributed by atoms with Crippen LogP contribution in [0.2, 0.25) is 0 Å². The van der Waals surface area contributed by atoms with E-state index in [0.717, 1.165) is 25.3 Å². The lowest BCUT2D eigenvalue weighted by atomic mass is 9.95. The Morgan fingerprint density at radius 3 is 2.34 bits per heavy atom. The van der Waals surface area contributed by atoms with Crippen LogP contribution in [0.15, 0.2) is 65.6 Å². The highest BCUT2D eigenvalue weighted by Gasteiger charge is 2.31. The molecule has 0 unspecified atom stereocenters. The van der Waals surface area contributed by atoms with Crippen LogP contribution in [0.5, 0.6) is 0 Å². The zero-order valence-corrected chi connectivity index (χ0v) is 25.4. The van der Waals surface area contributed by atoms with E-state index in [4.69, 9.17) is 4.74 Å². The van der Waals surface area contributed by atoms with E-state index < -0.39 is 10.0 Å². The number of nitrogens with one attached hydrogen (secondary N) is 3. The van der Waals surface area contributed by atoms with Gasteiger partial charge in [-0.15, -0.1) is 0 Å². The van der Waals surface area contributed by atoms with Crippen molar-refractivity contribution in [2.45, 2.75) is 45.1 Å². The van der Waals surface area contributed by atoms with Gasteiger partial charge in [-0.05, 0) is 57.0 Å². The van der Waals surface area contributed by atoms with Crippen LogP contribution in [0.4, 0.5) is 5.69 Å². The van der Waals surface area contributed by atoms with E-state index in [2.05, 4.69) is 15.4 Å². The number of rotatable bonds is 9. The van der Waals surface area contributed by atoms with Gasteiger partial charge in [0.25, 0.3) is 5.91 Å². The highest BCUT2D eigenvalue weighted by molar-refractivity contribution is 7.89. The molecule has 4 rings (SSSR count). The summed E-state index contributed by atoms with van der Waals surface area (Å²) >= 11 is 0. The number of amides is 2. The molecule has 0 bridgehead atoms. The predicted octanol–water partition coefficient (Wildman–Crippen LogP) is 4.18. The summed E-state index contributed by atoms with van der Waals surface area (Å²) < 4.78 is 34.7. The number of aryl methyl sites for hydroxylation is 1. The summed E-state index contributed by atoms with van der Waals surface area (Å²) in [6.07, 6.45) is 0.558. The number of ether oxygens (including phenoxy) is 1. The number of carbonyl (C=O) groups excluding carboxylic acids is 2. The summed E-state index contributed by atoms with van der Waals surface area (Å²) in [5, 5.41) is 7.09.